The lowest BCUT2D eigenvalue weighted by atomic mass is 9.84. The molecule has 0 aliphatic rings. The minimum atomic E-state index is -0.757. The third-order valence-electron chi connectivity index (χ3n) is 9.55. The summed E-state index contributed by atoms with van der Waals surface area (Å²) in [5, 5.41) is -0.304. The van der Waals surface area contributed by atoms with E-state index in [4.69, 9.17) is 21.2 Å². The first-order valence-corrected chi connectivity index (χ1v) is 16.5. The molecule has 2 nitrogen and oxygen atoms in total. The van der Waals surface area contributed by atoms with Crippen LogP contribution >= 0.6 is 0 Å². The van der Waals surface area contributed by atoms with E-state index in [1.165, 1.54) is 0 Å². The molecular weight excluding hydrogens is 633 g/mol. The lowest BCUT2D eigenvalue weighted by molar-refractivity contribution is 0.632. The minimum absolute atomic E-state index is 0.0256. The smallest absolute Gasteiger partial charge is 0.143 e. The summed E-state index contributed by atoms with van der Waals surface area (Å²) in [5.74, 6) is 0.612. The Kier molecular flexibility index (Phi) is 3.88. The van der Waals surface area contributed by atoms with Gasteiger partial charge in [-0.1, -0.05) is 157 Å². The summed E-state index contributed by atoms with van der Waals surface area (Å²) in [5.41, 5.74) is 3.12. The second-order valence-corrected chi connectivity index (χ2v) is 12.4. The van der Waals surface area contributed by atoms with Crippen molar-refractivity contribution in [1.29, 1.82) is 0 Å². The standard InChI is InChI=1S/C50H30O2/c1-3-15-32(16-4-1)47-41-29-44-42(30-45(41)52-50(47)33-17-5-2-6-18-33)49-40(24-13-25-43(49)51-44)48-38-22-11-9-20-36(38)46(37-21-10-12-23-39(37)48)35-27-26-31-14-7-8-19-34(31)28-35/h1-30H/i7D,8D,9D,10D,11D,12D,14D,19D,20D,21D,22D,23D,26D,27D,28D. The number of hydrogen-bond donors (Lipinski definition) is 0. The molecule has 0 aliphatic carbocycles. The van der Waals surface area contributed by atoms with E-state index in [0.717, 1.165) is 22.1 Å². The van der Waals surface area contributed by atoms with Crippen molar-refractivity contribution in [3.8, 4) is 44.7 Å². The largest absolute Gasteiger partial charge is 0.456 e. The van der Waals surface area contributed by atoms with Crippen LogP contribution in [0.3, 0.4) is 0 Å². The number of furan rings is 2. The molecule has 0 atom stereocenters. The molecule has 0 spiro atoms. The summed E-state index contributed by atoms with van der Waals surface area (Å²) in [6.07, 6.45) is 0. The Morgan fingerprint density at radius 2 is 0.981 bits per heavy atom. The molecule has 52 heavy (non-hydrogen) atoms. The third-order valence-corrected chi connectivity index (χ3v) is 9.55. The van der Waals surface area contributed by atoms with Crippen LogP contribution in [0.4, 0.5) is 0 Å². The van der Waals surface area contributed by atoms with Gasteiger partial charge in [-0.25, -0.2) is 0 Å². The van der Waals surface area contributed by atoms with Crippen LogP contribution < -0.4 is 0 Å². The van der Waals surface area contributed by atoms with Gasteiger partial charge in [0.15, 0.2) is 0 Å². The molecule has 0 N–H and O–H groups in total. The zero-order valence-electron chi connectivity index (χ0n) is 42.0. The van der Waals surface area contributed by atoms with Gasteiger partial charge in [-0.3, -0.25) is 0 Å². The summed E-state index contributed by atoms with van der Waals surface area (Å²) >= 11 is 0. The first kappa shape index (κ1) is 17.8. The van der Waals surface area contributed by atoms with E-state index >= 15 is 0 Å². The monoisotopic (exact) mass is 677 g/mol. The Balaban J connectivity index is 1.35. The molecule has 2 heterocycles. The molecule has 0 saturated carbocycles. The zero-order valence-corrected chi connectivity index (χ0v) is 27.0. The van der Waals surface area contributed by atoms with Crippen LogP contribution in [0.2, 0.25) is 0 Å². The molecule has 11 aromatic rings. The Hall–Kier alpha value is -6.90. The van der Waals surface area contributed by atoms with E-state index in [1.807, 2.05) is 72.8 Å². The van der Waals surface area contributed by atoms with Gasteiger partial charge in [0.25, 0.3) is 0 Å². The van der Waals surface area contributed by atoms with Gasteiger partial charge in [0, 0.05) is 27.3 Å². The fraction of sp³-hybridized carbons (Fsp3) is 0. The van der Waals surface area contributed by atoms with Crippen LogP contribution in [-0.4, -0.2) is 0 Å². The van der Waals surface area contributed by atoms with Crippen LogP contribution in [0, 0.1) is 0 Å². The van der Waals surface area contributed by atoms with Crippen molar-refractivity contribution in [3.05, 3.63) is 182 Å². The summed E-state index contributed by atoms with van der Waals surface area (Å²) in [4.78, 5) is 0. The van der Waals surface area contributed by atoms with E-state index in [1.54, 1.807) is 18.2 Å². The van der Waals surface area contributed by atoms with E-state index in [9.17, 15) is 8.22 Å². The topological polar surface area (TPSA) is 26.3 Å². The Morgan fingerprint density at radius 1 is 0.385 bits per heavy atom. The molecule has 0 saturated heterocycles. The van der Waals surface area contributed by atoms with Crippen LogP contribution in [0.1, 0.15) is 20.6 Å². The molecule has 0 radical (unpaired) electrons. The quantitative estimate of drug-likeness (QED) is 0.173. The average Bonchev–Trinajstić information content (AvgIpc) is 3.90. The Bertz CT molecular complexity index is 3950. The van der Waals surface area contributed by atoms with Gasteiger partial charge in [-0.05, 0) is 84.4 Å². The number of fused-ring (bicyclic) bond motifs is 7. The number of hydrogen-bond acceptors (Lipinski definition) is 2. The molecule has 2 heteroatoms. The first-order valence-electron chi connectivity index (χ1n) is 24.0. The SMILES string of the molecule is [2H]c1c([2H])c([2H])c2c([2H])c(-c3c4c([2H])c([2H])c([2H])c([2H])c4c(-c4cccc5oc6cc7c(-c8ccccc8)c(-c8ccccc8)oc7cc6c45)c4c([2H])c([2H])c([2H])c([2H])c34)c([2H])c([2H])c2c1[2H]. The maximum atomic E-state index is 9.54. The molecule has 0 aliphatic heterocycles. The molecule has 0 bridgehead atoms. The van der Waals surface area contributed by atoms with Crippen molar-refractivity contribution < 1.29 is 29.4 Å². The van der Waals surface area contributed by atoms with Crippen molar-refractivity contribution in [3.63, 3.8) is 0 Å². The fourth-order valence-corrected chi connectivity index (χ4v) is 7.36. The van der Waals surface area contributed by atoms with Crippen LogP contribution in [0.15, 0.2) is 190 Å². The number of rotatable bonds is 4. The second-order valence-electron chi connectivity index (χ2n) is 12.4. The van der Waals surface area contributed by atoms with Crippen molar-refractivity contribution >= 4 is 65.2 Å². The lowest BCUT2D eigenvalue weighted by Gasteiger charge is -2.18. The van der Waals surface area contributed by atoms with Crippen LogP contribution in [0.5, 0.6) is 0 Å². The van der Waals surface area contributed by atoms with E-state index in [0.29, 0.717) is 33.3 Å². The molecule has 11 rings (SSSR count). The molecule has 0 amide bonds. The van der Waals surface area contributed by atoms with Gasteiger partial charge >= 0.3 is 0 Å². The van der Waals surface area contributed by atoms with E-state index < -0.39 is 113 Å². The summed E-state index contributed by atoms with van der Waals surface area (Å²) in [6.45, 7) is 0. The average molecular weight is 678 g/mol. The van der Waals surface area contributed by atoms with Crippen molar-refractivity contribution in [2.45, 2.75) is 0 Å². The predicted octanol–water partition coefficient (Wildman–Crippen LogP) is 14.5. The van der Waals surface area contributed by atoms with Crippen molar-refractivity contribution in [2.24, 2.45) is 0 Å². The van der Waals surface area contributed by atoms with Crippen LogP contribution in [0.25, 0.3) is 110 Å². The Labute approximate surface area is 320 Å². The highest BCUT2D eigenvalue weighted by Crippen LogP contribution is 2.49. The molecule has 0 fully saturated rings. The van der Waals surface area contributed by atoms with Gasteiger partial charge in [0.2, 0.25) is 0 Å². The molecule has 242 valence electrons. The highest BCUT2D eigenvalue weighted by molar-refractivity contribution is 6.26. The third kappa shape index (κ3) is 4.31. The number of benzene rings is 9. The zero-order chi connectivity index (χ0) is 47.2. The highest BCUT2D eigenvalue weighted by atomic mass is 16.3. The van der Waals surface area contributed by atoms with E-state index in [-0.39, 0.29) is 32.7 Å². The fourth-order valence-electron chi connectivity index (χ4n) is 7.36. The molecular formula is C50H30O2. The lowest BCUT2D eigenvalue weighted by Crippen LogP contribution is -1.91. The van der Waals surface area contributed by atoms with Crippen molar-refractivity contribution in [1.82, 2.24) is 0 Å². The normalized spacial score (nSPS) is 15.9. The predicted molar refractivity (Wildman–Crippen MR) is 218 cm³/mol. The van der Waals surface area contributed by atoms with Gasteiger partial charge in [-0.2, -0.15) is 0 Å². The second kappa shape index (κ2) is 11.3. The summed E-state index contributed by atoms with van der Waals surface area (Å²) < 4.78 is 149. The highest BCUT2D eigenvalue weighted by Gasteiger charge is 2.23. The molecule has 9 aromatic carbocycles. The van der Waals surface area contributed by atoms with Gasteiger partial charge in [0.1, 0.15) is 22.5 Å². The van der Waals surface area contributed by atoms with E-state index in [2.05, 4.69) is 0 Å². The van der Waals surface area contributed by atoms with Crippen LogP contribution in [-0.2, 0) is 0 Å². The van der Waals surface area contributed by atoms with Gasteiger partial charge < -0.3 is 8.83 Å². The molecule has 2 aromatic heterocycles. The summed E-state index contributed by atoms with van der Waals surface area (Å²) in [7, 11) is 0. The van der Waals surface area contributed by atoms with Gasteiger partial charge in [0.05, 0.1) is 20.6 Å². The maximum absolute atomic E-state index is 9.54. The maximum Gasteiger partial charge on any atom is 0.143 e. The van der Waals surface area contributed by atoms with Crippen molar-refractivity contribution in [2.75, 3.05) is 0 Å². The molecule has 0 unspecified atom stereocenters. The van der Waals surface area contributed by atoms with Gasteiger partial charge in [-0.15, -0.1) is 0 Å². The minimum Gasteiger partial charge on any atom is -0.456 e. The summed E-state index contributed by atoms with van der Waals surface area (Å²) in [6, 6.07) is 17.7. The Morgan fingerprint density at radius 3 is 1.69 bits per heavy atom. The first-order chi connectivity index (χ1) is 32.0.